The minimum atomic E-state index is -4.00. The Morgan fingerprint density at radius 1 is 1.05 bits per heavy atom. The van der Waals surface area contributed by atoms with Crippen LogP contribution in [0.5, 0.6) is 0 Å². The summed E-state index contributed by atoms with van der Waals surface area (Å²) in [6.07, 6.45) is 2.13. The van der Waals surface area contributed by atoms with Crippen molar-refractivity contribution in [2.24, 2.45) is 0 Å². The number of nitrogens with zero attached hydrogens (tertiary/aromatic N) is 4. The van der Waals surface area contributed by atoms with Gasteiger partial charge in [0.05, 0.1) is 11.5 Å². The average Bonchev–Trinajstić information content (AvgIpc) is 3.51. The van der Waals surface area contributed by atoms with Crippen molar-refractivity contribution in [2.75, 3.05) is 11.3 Å². The maximum Gasteiger partial charge on any atom is 0.362 e. The van der Waals surface area contributed by atoms with Crippen molar-refractivity contribution in [3.8, 4) is 11.1 Å². The lowest BCUT2D eigenvalue weighted by molar-refractivity contribution is 0.134. The van der Waals surface area contributed by atoms with Crippen LogP contribution in [0.15, 0.2) is 56.7 Å². The molecular weight excluding hydrogens is 556 g/mol. The minimum Gasteiger partial charge on any atom is -0.377 e. The standard InChI is InChI=1S/C30H34N6O5S/c1-6-10-26-25(29-32-30(37)33-36(29)20(5)31-26)16-21-13-14-23(22(15-21)17-40-7-2)24-11-8-9-12-27(24)42(38,39)35-28-18(3)19(4)41-34-28/h8-9,11-15H,6-7,10,16-17H2,1-5H3,(H,33,37)(H,34,35). The van der Waals surface area contributed by atoms with Crippen LogP contribution in [-0.2, 0) is 34.2 Å². The molecule has 3 aromatic heterocycles. The Balaban J connectivity index is 1.58. The molecule has 2 aromatic carbocycles. The van der Waals surface area contributed by atoms with Crippen LogP contribution in [0, 0.1) is 20.8 Å². The van der Waals surface area contributed by atoms with Gasteiger partial charge in [0.25, 0.3) is 10.0 Å². The Morgan fingerprint density at radius 2 is 1.83 bits per heavy atom. The Bertz CT molecular complexity index is 1920. The van der Waals surface area contributed by atoms with Crippen LogP contribution in [-0.4, -0.2) is 39.8 Å². The van der Waals surface area contributed by atoms with E-state index in [4.69, 9.17) is 14.2 Å². The van der Waals surface area contributed by atoms with Crippen molar-refractivity contribution < 1.29 is 17.7 Å². The largest absolute Gasteiger partial charge is 0.377 e. The summed E-state index contributed by atoms with van der Waals surface area (Å²) in [6.45, 7) is 10.1. The van der Waals surface area contributed by atoms with E-state index < -0.39 is 15.7 Å². The first-order valence-corrected chi connectivity index (χ1v) is 15.3. The minimum absolute atomic E-state index is 0.112. The van der Waals surface area contributed by atoms with Crippen LogP contribution in [0.25, 0.3) is 16.8 Å². The number of fused-ring (bicyclic) bond motifs is 1. The van der Waals surface area contributed by atoms with Gasteiger partial charge in [-0.15, -0.1) is 0 Å². The van der Waals surface area contributed by atoms with E-state index in [1.807, 2.05) is 32.0 Å². The van der Waals surface area contributed by atoms with Gasteiger partial charge in [-0.05, 0) is 56.9 Å². The van der Waals surface area contributed by atoms with Gasteiger partial charge >= 0.3 is 5.69 Å². The Labute approximate surface area is 244 Å². The Hall–Kier alpha value is -4.29. The Morgan fingerprint density at radius 3 is 2.55 bits per heavy atom. The number of hydrogen-bond donors (Lipinski definition) is 2. The zero-order valence-electron chi connectivity index (χ0n) is 24.3. The number of hydrogen-bond acceptors (Lipinski definition) is 8. The third-order valence-electron chi connectivity index (χ3n) is 7.22. The molecule has 0 saturated carbocycles. The van der Waals surface area contributed by atoms with E-state index in [1.165, 1.54) is 0 Å². The SMILES string of the molecule is CCCc1nc(C)n2[nH]c(=O)nc2c1Cc1ccc(-c2ccccc2S(=O)(=O)Nc2noc(C)c2C)c(COCC)c1. The summed E-state index contributed by atoms with van der Waals surface area (Å²) in [7, 11) is -4.00. The molecule has 3 heterocycles. The first kappa shape index (κ1) is 29.2. The van der Waals surface area contributed by atoms with Gasteiger partial charge in [0.2, 0.25) is 0 Å². The molecule has 0 fully saturated rings. The van der Waals surface area contributed by atoms with Crippen molar-refractivity contribution in [1.29, 1.82) is 0 Å². The van der Waals surface area contributed by atoms with Crippen LogP contribution in [0.3, 0.4) is 0 Å². The number of aromatic nitrogens is 5. The fraction of sp³-hybridized carbons (Fsp3) is 0.333. The third-order valence-corrected chi connectivity index (χ3v) is 8.62. The summed E-state index contributed by atoms with van der Waals surface area (Å²) in [4.78, 5) is 21.2. The normalized spacial score (nSPS) is 11.8. The van der Waals surface area contributed by atoms with Gasteiger partial charge in [-0.2, -0.15) is 4.98 Å². The lowest BCUT2D eigenvalue weighted by Crippen LogP contribution is -2.15. The monoisotopic (exact) mass is 590 g/mol. The van der Waals surface area contributed by atoms with E-state index >= 15 is 0 Å². The van der Waals surface area contributed by atoms with E-state index in [0.717, 1.165) is 40.8 Å². The molecular formula is C30H34N6O5S. The lowest BCUT2D eigenvalue weighted by atomic mass is 9.94. The van der Waals surface area contributed by atoms with Gasteiger partial charge in [0.1, 0.15) is 11.6 Å². The van der Waals surface area contributed by atoms with Crippen molar-refractivity contribution in [3.05, 3.63) is 92.5 Å². The fourth-order valence-corrected chi connectivity index (χ4v) is 6.28. The number of rotatable bonds is 11. The molecule has 0 aliphatic rings. The van der Waals surface area contributed by atoms with Gasteiger partial charge in [0.15, 0.2) is 11.5 Å². The van der Waals surface area contributed by atoms with Crippen LogP contribution in [0.4, 0.5) is 5.82 Å². The number of nitrogens with one attached hydrogen (secondary N) is 2. The molecule has 2 N–H and O–H groups in total. The zero-order valence-corrected chi connectivity index (χ0v) is 25.1. The molecule has 0 atom stereocenters. The van der Waals surface area contributed by atoms with Crippen LogP contribution in [0.1, 0.15) is 59.8 Å². The highest BCUT2D eigenvalue weighted by Gasteiger charge is 2.24. The van der Waals surface area contributed by atoms with Gasteiger partial charge in [-0.1, -0.05) is 54.9 Å². The second-order valence-corrected chi connectivity index (χ2v) is 11.8. The molecule has 0 aliphatic carbocycles. The van der Waals surface area contributed by atoms with E-state index in [1.54, 1.807) is 42.6 Å². The average molecular weight is 591 g/mol. The number of ether oxygens (including phenoxy) is 1. The maximum atomic E-state index is 13.6. The molecule has 5 rings (SSSR count). The zero-order chi connectivity index (χ0) is 30.0. The van der Waals surface area contributed by atoms with Crippen LogP contribution < -0.4 is 10.4 Å². The number of sulfonamides is 1. The van der Waals surface area contributed by atoms with Crippen LogP contribution >= 0.6 is 0 Å². The van der Waals surface area contributed by atoms with E-state index in [9.17, 15) is 13.2 Å². The maximum absolute atomic E-state index is 13.6. The molecule has 0 spiro atoms. The fourth-order valence-electron chi connectivity index (χ4n) is 5.00. The third kappa shape index (κ3) is 5.72. The molecule has 0 bridgehead atoms. The number of H-pyrrole nitrogens is 1. The van der Waals surface area contributed by atoms with Crippen molar-refractivity contribution in [2.45, 2.75) is 65.4 Å². The first-order chi connectivity index (χ1) is 20.1. The highest BCUT2D eigenvalue weighted by atomic mass is 32.2. The molecule has 12 heteroatoms. The second kappa shape index (κ2) is 11.9. The molecule has 0 saturated heterocycles. The van der Waals surface area contributed by atoms with Crippen molar-refractivity contribution in [1.82, 2.24) is 24.7 Å². The number of anilines is 1. The molecule has 0 unspecified atom stereocenters. The van der Waals surface area contributed by atoms with Gasteiger partial charge in [-0.3, -0.25) is 4.72 Å². The number of aryl methyl sites for hydroxylation is 3. The molecule has 0 amide bonds. The second-order valence-electron chi connectivity index (χ2n) is 10.1. The number of aromatic amines is 1. The van der Waals surface area contributed by atoms with E-state index in [-0.39, 0.29) is 17.3 Å². The molecule has 42 heavy (non-hydrogen) atoms. The van der Waals surface area contributed by atoms with Crippen molar-refractivity contribution >= 4 is 21.5 Å². The van der Waals surface area contributed by atoms with Crippen molar-refractivity contribution in [3.63, 3.8) is 0 Å². The predicted molar refractivity (Wildman–Crippen MR) is 159 cm³/mol. The predicted octanol–water partition coefficient (Wildman–Crippen LogP) is 4.88. The Kier molecular flexibility index (Phi) is 8.28. The highest BCUT2D eigenvalue weighted by molar-refractivity contribution is 7.92. The molecule has 11 nitrogen and oxygen atoms in total. The lowest BCUT2D eigenvalue weighted by Gasteiger charge is -2.17. The van der Waals surface area contributed by atoms with Gasteiger partial charge in [-0.25, -0.2) is 27.8 Å². The topological polar surface area (TPSA) is 144 Å². The molecule has 220 valence electrons. The summed E-state index contributed by atoms with van der Waals surface area (Å²) in [5.74, 6) is 1.37. The summed E-state index contributed by atoms with van der Waals surface area (Å²) >= 11 is 0. The summed E-state index contributed by atoms with van der Waals surface area (Å²) in [5.41, 5.74) is 5.60. The molecule has 0 radical (unpaired) electrons. The van der Waals surface area contributed by atoms with E-state index in [0.29, 0.717) is 41.4 Å². The van der Waals surface area contributed by atoms with Crippen LogP contribution in [0.2, 0.25) is 0 Å². The highest BCUT2D eigenvalue weighted by Crippen LogP contribution is 2.33. The smallest absolute Gasteiger partial charge is 0.362 e. The summed E-state index contributed by atoms with van der Waals surface area (Å²) in [6, 6.07) is 12.7. The first-order valence-electron chi connectivity index (χ1n) is 13.8. The number of benzene rings is 2. The van der Waals surface area contributed by atoms with E-state index in [2.05, 4.69) is 26.9 Å². The summed E-state index contributed by atoms with van der Waals surface area (Å²) in [5, 5.41) is 6.60. The molecule has 0 aliphatic heterocycles. The van der Waals surface area contributed by atoms with Gasteiger partial charge in [0, 0.05) is 35.4 Å². The van der Waals surface area contributed by atoms with Gasteiger partial charge < -0.3 is 9.26 Å². The quantitative estimate of drug-likeness (QED) is 0.222. The summed E-state index contributed by atoms with van der Waals surface area (Å²) < 4.78 is 42.3. The molecule has 5 aromatic rings.